The molecule has 1 heterocycles. The molecule has 1 aromatic carbocycles. The van der Waals surface area contributed by atoms with Crippen LogP contribution < -0.4 is 5.73 Å². The highest BCUT2D eigenvalue weighted by Gasteiger charge is 2.22. The molecule has 1 aliphatic heterocycles. The van der Waals surface area contributed by atoms with Crippen molar-refractivity contribution >= 4 is 17.3 Å². The molecule has 1 aromatic rings. The van der Waals surface area contributed by atoms with Crippen LogP contribution in [-0.4, -0.2) is 34.7 Å². The van der Waals surface area contributed by atoms with Crippen LogP contribution in [0.5, 0.6) is 0 Å². The van der Waals surface area contributed by atoms with Gasteiger partial charge in [0, 0.05) is 5.75 Å². The minimum atomic E-state index is -0.872. The Balaban J connectivity index is 1.95. The summed E-state index contributed by atoms with van der Waals surface area (Å²) in [5, 5.41) is 20.5. The summed E-state index contributed by atoms with van der Waals surface area (Å²) in [6, 6.07) is 8.49. The van der Waals surface area contributed by atoms with Crippen molar-refractivity contribution in [2.45, 2.75) is 24.8 Å². The number of aryl methyl sites for hydroxylation is 1. The van der Waals surface area contributed by atoms with E-state index in [0.717, 1.165) is 12.8 Å². The monoisotopic (exact) mass is 279 g/mol. The maximum atomic E-state index is 9.16. The van der Waals surface area contributed by atoms with E-state index in [1.54, 1.807) is 0 Å². The zero-order valence-corrected chi connectivity index (χ0v) is 11.8. The highest BCUT2D eigenvalue weighted by molar-refractivity contribution is 8.02. The maximum absolute atomic E-state index is 9.16. The lowest BCUT2D eigenvalue weighted by atomic mass is 9.93. The molecule has 0 spiro atoms. The van der Waals surface area contributed by atoms with Crippen LogP contribution in [0.15, 0.2) is 29.7 Å². The van der Waals surface area contributed by atoms with Crippen molar-refractivity contribution < 1.29 is 10.2 Å². The van der Waals surface area contributed by atoms with Crippen molar-refractivity contribution in [2.24, 2.45) is 5.73 Å². The minimum Gasteiger partial charge on any atom is -0.394 e. The van der Waals surface area contributed by atoms with Crippen LogP contribution in [0.2, 0.25) is 0 Å². The van der Waals surface area contributed by atoms with Gasteiger partial charge in [-0.3, -0.25) is 0 Å². The molecule has 0 saturated heterocycles. The Morgan fingerprint density at radius 2 is 1.84 bits per heavy atom. The van der Waals surface area contributed by atoms with Gasteiger partial charge in [-0.15, -0.1) is 11.8 Å². The Hall–Kier alpha value is -0.810. The molecule has 0 radical (unpaired) electrons. The zero-order valence-electron chi connectivity index (χ0n) is 11.0. The van der Waals surface area contributed by atoms with Crippen LogP contribution in [-0.2, 0) is 6.42 Å². The smallest absolute Gasteiger partial charge is 0.0633 e. The van der Waals surface area contributed by atoms with E-state index in [9.17, 15) is 0 Å². The topological polar surface area (TPSA) is 66.5 Å². The molecule has 4 N–H and O–H groups in total. The fraction of sp³-hybridized carbons (Fsp3) is 0.467. The maximum Gasteiger partial charge on any atom is 0.0633 e. The Labute approximate surface area is 118 Å². The Kier molecular flexibility index (Phi) is 5.05. The molecule has 0 amide bonds. The normalized spacial score (nSPS) is 15.6. The number of rotatable bonds is 6. The summed E-state index contributed by atoms with van der Waals surface area (Å²) in [6.45, 7) is -0.378. The third-order valence-corrected chi connectivity index (χ3v) is 4.47. The quantitative estimate of drug-likeness (QED) is 0.742. The standard InChI is InChI=1S/C15H21NO2S/c16-15(10-17,11-18)7-5-12-1-3-13(4-2-12)14-6-8-19-9-14/h1-4,9,17-18H,5-8,10-11,16H2. The van der Waals surface area contributed by atoms with Crippen LogP contribution >= 0.6 is 11.8 Å². The van der Waals surface area contributed by atoms with Gasteiger partial charge in [-0.2, -0.15) is 0 Å². The van der Waals surface area contributed by atoms with E-state index >= 15 is 0 Å². The van der Waals surface area contributed by atoms with Gasteiger partial charge in [-0.25, -0.2) is 0 Å². The van der Waals surface area contributed by atoms with Gasteiger partial charge in [0.25, 0.3) is 0 Å². The van der Waals surface area contributed by atoms with Crippen molar-refractivity contribution in [1.82, 2.24) is 0 Å². The van der Waals surface area contributed by atoms with Crippen LogP contribution in [0, 0.1) is 0 Å². The fourth-order valence-corrected chi connectivity index (χ4v) is 3.00. The van der Waals surface area contributed by atoms with E-state index in [4.69, 9.17) is 15.9 Å². The summed E-state index contributed by atoms with van der Waals surface area (Å²) >= 11 is 1.87. The lowest BCUT2D eigenvalue weighted by Gasteiger charge is -2.24. The number of aliphatic hydroxyl groups excluding tert-OH is 2. The molecule has 1 aliphatic rings. The number of allylic oxidation sites excluding steroid dienone is 1. The Morgan fingerprint density at radius 3 is 2.37 bits per heavy atom. The van der Waals surface area contributed by atoms with Crippen LogP contribution in [0.1, 0.15) is 24.0 Å². The van der Waals surface area contributed by atoms with E-state index in [1.165, 1.54) is 22.5 Å². The van der Waals surface area contributed by atoms with E-state index < -0.39 is 5.54 Å². The third-order valence-electron chi connectivity index (χ3n) is 3.58. The van der Waals surface area contributed by atoms with Crippen LogP contribution in [0.4, 0.5) is 0 Å². The second kappa shape index (κ2) is 6.57. The molecule has 0 saturated carbocycles. The summed E-state index contributed by atoms with van der Waals surface area (Å²) in [5.74, 6) is 1.18. The Morgan fingerprint density at radius 1 is 1.16 bits per heavy atom. The third kappa shape index (κ3) is 3.83. The summed E-state index contributed by atoms with van der Waals surface area (Å²) in [7, 11) is 0. The molecule has 0 fully saturated rings. The molecule has 0 bridgehead atoms. The second-order valence-corrected chi connectivity index (χ2v) is 6.12. The molecule has 0 atom stereocenters. The van der Waals surface area contributed by atoms with Gasteiger partial charge >= 0.3 is 0 Å². The molecule has 4 heteroatoms. The molecule has 104 valence electrons. The predicted molar refractivity (Wildman–Crippen MR) is 80.9 cm³/mol. The summed E-state index contributed by atoms with van der Waals surface area (Å²) in [5.41, 5.74) is 8.88. The van der Waals surface area contributed by atoms with Gasteiger partial charge < -0.3 is 15.9 Å². The molecule has 0 aromatic heterocycles. The van der Waals surface area contributed by atoms with Gasteiger partial charge in [0.15, 0.2) is 0 Å². The lowest BCUT2D eigenvalue weighted by molar-refractivity contribution is 0.115. The van der Waals surface area contributed by atoms with Crippen LogP contribution in [0.3, 0.4) is 0 Å². The van der Waals surface area contributed by atoms with E-state index in [1.807, 2.05) is 11.8 Å². The number of benzene rings is 1. The number of hydrogen-bond donors (Lipinski definition) is 3. The molecular weight excluding hydrogens is 258 g/mol. The van der Waals surface area contributed by atoms with Crippen molar-refractivity contribution in [3.05, 3.63) is 40.8 Å². The zero-order chi connectivity index (χ0) is 13.7. The van der Waals surface area contributed by atoms with Crippen molar-refractivity contribution in [2.75, 3.05) is 19.0 Å². The summed E-state index contributed by atoms with van der Waals surface area (Å²) in [6.07, 6.45) is 2.49. The van der Waals surface area contributed by atoms with Crippen molar-refractivity contribution in [1.29, 1.82) is 0 Å². The summed E-state index contributed by atoms with van der Waals surface area (Å²) in [4.78, 5) is 0. The fourth-order valence-electron chi connectivity index (χ4n) is 2.09. The van der Waals surface area contributed by atoms with Gasteiger partial charge in [0.1, 0.15) is 0 Å². The minimum absolute atomic E-state index is 0.189. The Bertz CT molecular complexity index is 438. The first-order chi connectivity index (χ1) is 9.17. The molecule has 0 aliphatic carbocycles. The first-order valence-corrected chi connectivity index (χ1v) is 7.62. The van der Waals surface area contributed by atoms with E-state index in [2.05, 4.69) is 29.7 Å². The SMILES string of the molecule is NC(CO)(CO)CCc1ccc(C2=CSCC2)cc1. The average Bonchev–Trinajstić information content (AvgIpc) is 2.99. The molecule has 2 rings (SSSR count). The summed E-state index contributed by atoms with van der Waals surface area (Å²) < 4.78 is 0. The van der Waals surface area contributed by atoms with E-state index in [0.29, 0.717) is 6.42 Å². The molecule has 19 heavy (non-hydrogen) atoms. The molecule has 3 nitrogen and oxygen atoms in total. The lowest BCUT2D eigenvalue weighted by Crippen LogP contribution is -2.47. The predicted octanol–water partition coefficient (Wildman–Crippen LogP) is 1.78. The van der Waals surface area contributed by atoms with Crippen molar-refractivity contribution in [3.8, 4) is 0 Å². The van der Waals surface area contributed by atoms with Crippen molar-refractivity contribution in [3.63, 3.8) is 0 Å². The number of nitrogens with two attached hydrogens (primary N) is 1. The highest BCUT2D eigenvalue weighted by Crippen LogP contribution is 2.30. The number of aliphatic hydroxyl groups is 2. The average molecular weight is 279 g/mol. The van der Waals surface area contributed by atoms with Crippen LogP contribution in [0.25, 0.3) is 5.57 Å². The van der Waals surface area contributed by atoms with Gasteiger partial charge in [0.2, 0.25) is 0 Å². The van der Waals surface area contributed by atoms with Gasteiger partial charge in [-0.1, -0.05) is 24.3 Å². The largest absolute Gasteiger partial charge is 0.394 e. The highest BCUT2D eigenvalue weighted by atomic mass is 32.2. The molecule has 0 unspecified atom stereocenters. The number of hydrogen-bond acceptors (Lipinski definition) is 4. The first-order valence-electron chi connectivity index (χ1n) is 6.57. The number of thioether (sulfide) groups is 1. The van der Waals surface area contributed by atoms with E-state index in [-0.39, 0.29) is 13.2 Å². The first kappa shape index (κ1) is 14.6. The van der Waals surface area contributed by atoms with Gasteiger partial charge in [-0.05, 0) is 41.4 Å². The molecular formula is C15H21NO2S. The second-order valence-electron chi connectivity index (χ2n) is 5.14. The van der Waals surface area contributed by atoms with Gasteiger partial charge in [0.05, 0.1) is 18.8 Å².